The predicted molar refractivity (Wildman–Crippen MR) is 63.0 cm³/mol. The number of sulfone groups is 1. The number of nitrogens with one attached hydrogen (secondary N) is 1. The van der Waals surface area contributed by atoms with E-state index >= 15 is 0 Å². The maximum atomic E-state index is 11.9. The molecule has 1 rings (SSSR count). The Bertz CT molecular complexity index is 362. The van der Waals surface area contributed by atoms with E-state index in [0.717, 1.165) is 6.54 Å². The molecule has 1 N–H and O–H groups in total. The van der Waals surface area contributed by atoms with Gasteiger partial charge < -0.3 is 10.2 Å². The van der Waals surface area contributed by atoms with Crippen LogP contribution in [0, 0.1) is 0 Å². The van der Waals surface area contributed by atoms with Gasteiger partial charge in [-0.2, -0.15) is 0 Å². The van der Waals surface area contributed by atoms with Crippen LogP contribution in [-0.2, 0) is 14.6 Å². The van der Waals surface area contributed by atoms with Crippen LogP contribution >= 0.6 is 0 Å². The zero-order chi connectivity index (χ0) is 12.4. The van der Waals surface area contributed by atoms with E-state index in [1.165, 1.54) is 6.26 Å². The maximum Gasteiger partial charge on any atom is 0.242 e. The van der Waals surface area contributed by atoms with E-state index in [4.69, 9.17) is 0 Å². The van der Waals surface area contributed by atoms with Gasteiger partial charge in [0.2, 0.25) is 5.91 Å². The largest absolute Gasteiger partial charge is 0.340 e. The lowest BCUT2D eigenvalue weighted by molar-refractivity contribution is -0.139. The molecule has 1 heterocycles. The fraction of sp³-hybridized carbons (Fsp3) is 0.900. The van der Waals surface area contributed by atoms with Gasteiger partial charge >= 0.3 is 0 Å². The summed E-state index contributed by atoms with van der Waals surface area (Å²) >= 11 is 0. The summed E-state index contributed by atoms with van der Waals surface area (Å²) in [5.41, 5.74) is -0.524. The molecule has 0 aromatic heterocycles. The van der Waals surface area contributed by atoms with Gasteiger partial charge in [-0.25, -0.2) is 8.42 Å². The quantitative estimate of drug-likeness (QED) is 0.737. The lowest BCUT2D eigenvalue weighted by Gasteiger charge is -2.38. The molecule has 1 amide bonds. The average Bonchev–Trinajstić information content (AvgIpc) is 2.10. The highest BCUT2D eigenvalue weighted by atomic mass is 32.2. The van der Waals surface area contributed by atoms with Crippen molar-refractivity contribution in [3.05, 3.63) is 0 Å². The molecule has 6 heteroatoms. The summed E-state index contributed by atoms with van der Waals surface area (Å²) in [6.45, 7) is 5.64. The fourth-order valence-electron chi connectivity index (χ4n) is 1.81. The normalized spacial score (nSPS) is 21.2. The van der Waals surface area contributed by atoms with Crippen LogP contribution in [0.5, 0.6) is 0 Å². The molecular weight excluding hydrogens is 228 g/mol. The Labute approximate surface area is 97.1 Å². The molecule has 0 aromatic rings. The summed E-state index contributed by atoms with van der Waals surface area (Å²) in [5, 5.41) is 3.14. The Morgan fingerprint density at radius 3 is 2.62 bits per heavy atom. The molecule has 1 aliphatic rings. The van der Waals surface area contributed by atoms with Crippen LogP contribution in [-0.4, -0.2) is 56.4 Å². The van der Waals surface area contributed by atoms with Crippen LogP contribution in [0.25, 0.3) is 0 Å². The van der Waals surface area contributed by atoms with E-state index < -0.39 is 15.4 Å². The van der Waals surface area contributed by atoms with Crippen molar-refractivity contribution in [2.75, 3.05) is 31.6 Å². The molecule has 1 fully saturated rings. The van der Waals surface area contributed by atoms with Gasteiger partial charge in [0.05, 0.1) is 11.3 Å². The highest BCUT2D eigenvalue weighted by Crippen LogP contribution is 2.12. The van der Waals surface area contributed by atoms with E-state index in [1.807, 2.05) is 13.8 Å². The van der Waals surface area contributed by atoms with Crippen LogP contribution in [0.1, 0.15) is 20.3 Å². The highest BCUT2D eigenvalue weighted by molar-refractivity contribution is 7.90. The van der Waals surface area contributed by atoms with Crippen molar-refractivity contribution in [2.24, 2.45) is 0 Å². The van der Waals surface area contributed by atoms with Crippen LogP contribution in [0.2, 0.25) is 0 Å². The first kappa shape index (κ1) is 13.4. The number of carbonyl (C=O) groups excluding carboxylic acids is 1. The third-order valence-electron chi connectivity index (χ3n) is 2.71. The molecule has 1 saturated heterocycles. The molecule has 0 atom stereocenters. The van der Waals surface area contributed by atoms with Crippen molar-refractivity contribution in [3.8, 4) is 0 Å². The average molecular weight is 248 g/mol. The number of amides is 1. The number of piperazine rings is 1. The number of hydrogen-bond acceptors (Lipinski definition) is 4. The second-order valence-electron chi connectivity index (χ2n) is 4.83. The standard InChI is InChI=1S/C10H20N2O3S/c1-10(2)9(13)12(7-5-11-10)6-4-8-16(3,14)15/h11H,4-8H2,1-3H3. The molecule has 0 saturated carbocycles. The van der Waals surface area contributed by atoms with Gasteiger partial charge in [0.1, 0.15) is 9.84 Å². The molecule has 1 aliphatic heterocycles. The van der Waals surface area contributed by atoms with Gasteiger partial charge in [-0.05, 0) is 20.3 Å². The van der Waals surface area contributed by atoms with Crippen LogP contribution in [0.4, 0.5) is 0 Å². The minimum absolute atomic E-state index is 0.0484. The number of rotatable bonds is 4. The summed E-state index contributed by atoms with van der Waals surface area (Å²) in [6.07, 6.45) is 1.73. The third kappa shape index (κ3) is 3.75. The third-order valence-corrected chi connectivity index (χ3v) is 3.74. The SMILES string of the molecule is CC1(C)NCCN(CCCS(C)(=O)=O)C1=O. The van der Waals surface area contributed by atoms with E-state index in [0.29, 0.717) is 19.5 Å². The molecule has 94 valence electrons. The van der Waals surface area contributed by atoms with Crippen LogP contribution < -0.4 is 5.32 Å². The molecule has 0 spiro atoms. The minimum Gasteiger partial charge on any atom is -0.340 e. The number of nitrogens with zero attached hydrogens (tertiary/aromatic N) is 1. The highest BCUT2D eigenvalue weighted by Gasteiger charge is 2.34. The van der Waals surface area contributed by atoms with E-state index in [1.54, 1.807) is 4.90 Å². The Morgan fingerprint density at radius 1 is 1.44 bits per heavy atom. The zero-order valence-corrected chi connectivity index (χ0v) is 10.9. The smallest absolute Gasteiger partial charge is 0.242 e. The summed E-state index contributed by atoms with van der Waals surface area (Å²) in [4.78, 5) is 13.7. The number of carbonyl (C=O) groups is 1. The Morgan fingerprint density at radius 2 is 2.06 bits per heavy atom. The lowest BCUT2D eigenvalue weighted by atomic mass is 10.0. The maximum absolute atomic E-state index is 11.9. The van der Waals surface area contributed by atoms with Crippen molar-refractivity contribution >= 4 is 15.7 Å². The van der Waals surface area contributed by atoms with E-state index in [-0.39, 0.29) is 11.7 Å². The van der Waals surface area contributed by atoms with Gasteiger partial charge in [-0.3, -0.25) is 4.79 Å². The fourth-order valence-corrected chi connectivity index (χ4v) is 2.46. The number of hydrogen-bond donors (Lipinski definition) is 1. The Kier molecular flexibility index (Phi) is 3.96. The summed E-state index contributed by atoms with van der Waals surface area (Å²) in [5.74, 6) is 0.192. The summed E-state index contributed by atoms with van der Waals surface area (Å²) in [7, 11) is -2.92. The molecule has 0 unspecified atom stereocenters. The van der Waals surface area contributed by atoms with Gasteiger partial charge in [-0.1, -0.05) is 0 Å². The second kappa shape index (κ2) is 4.71. The molecule has 0 aliphatic carbocycles. The summed E-state index contributed by atoms with van der Waals surface area (Å²) < 4.78 is 21.9. The van der Waals surface area contributed by atoms with Gasteiger partial charge in [0, 0.05) is 25.9 Å². The minimum atomic E-state index is -2.92. The van der Waals surface area contributed by atoms with Crippen LogP contribution in [0.3, 0.4) is 0 Å². The molecule has 16 heavy (non-hydrogen) atoms. The first-order valence-electron chi connectivity index (χ1n) is 5.44. The topological polar surface area (TPSA) is 66.5 Å². The van der Waals surface area contributed by atoms with Crippen molar-refractivity contribution in [1.29, 1.82) is 0 Å². The monoisotopic (exact) mass is 248 g/mol. The Balaban J connectivity index is 2.46. The van der Waals surface area contributed by atoms with E-state index in [2.05, 4.69) is 5.32 Å². The van der Waals surface area contributed by atoms with E-state index in [9.17, 15) is 13.2 Å². The van der Waals surface area contributed by atoms with Gasteiger partial charge in [-0.15, -0.1) is 0 Å². The van der Waals surface area contributed by atoms with Crippen molar-refractivity contribution in [1.82, 2.24) is 10.2 Å². The first-order valence-corrected chi connectivity index (χ1v) is 7.50. The molecule has 0 radical (unpaired) electrons. The molecular formula is C10H20N2O3S. The van der Waals surface area contributed by atoms with Crippen molar-refractivity contribution in [3.63, 3.8) is 0 Å². The van der Waals surface area contributed by atoms with Crippen molar-refractivity contribution in [2.45, 2.75) is 25.8 Å². The molecule has 5 nitrogen and oxygen atoms in total. The Hall–Kier alpha value is -0.620. The van der Waals surface area contributed by atoms with Crippen LogP contribution in [0.15, 0.2) is 0 Å². The second-order valence-corrected chi connectivity index (χ2v) is 7.09. The van der Waals surface area contributed by atoms with Gasteiger partial charge in [0.25, 0.3) is 0 Å². The lowest BCUT2D eigenvalue weighted by Crippen LogP contribution is -2.61. The predicted octanol–water partition coefficient (Wildman–Crippen LogP) is -0.368. The summed E-state index contributed by atoms with van der Waals surface area (Å²) in [6, 6.07) is 0. The molecule has 0 bridgehead atoms. The van der Waals surface area contributed by atoms with Crippen molar-refractivity contribution < 1.29 is 13.2 Å². The zero-order valence-electron chi connectivity index (χ0n) is 10.1. The van der Waals surface area contributed by atoms with Gasteiger partial charge in [0.15, 0.2) is 0 Å². The first-order chi connectivity index (χ1) is 7.22. The molecule has 0 aromatic carbocycles.